The van der Waals surface area contributed by atoms with E-state index in [9.17, 15) is 19.2 Å². The number of ketones is 2. The van der Waals surface area contributed by atoms with Crippen LogP contribution < -0.4 is 10.2 Å². The van der Waals surface area contributed by atoms with E-state index in [4.69, 9.17) is 27.9 Å². The smallest absolute Gasteiger partial charge is 0.306 e. The number of benzene rings is 1. The first-order valence-corrected chi connectivity index (χ1v) is 18.2. The molecular formula is C37H50Cl2N2O5. The van der Waals surface area contributed by atoms with Gasteiger partial charge in [-0.05, 0) is 105 Å². The van der Waals surface area contributed by atoms with Gasteiger partial charge in [-0.25, -0.2) is 0 Å². The van der Waals surface area contributed by atoms with Gasteiger partial charge in [0, 0.05) is 55.3 Å². The monoisotopic (exact) mass is 672 g/mol. The number of nitrogens with one attached hydrogen (secondary N) is 1. The molecule has 0 heterocycles. The molecule has 1 amide bonds. The number of ether oxygens (including phenoxy) is 1. The van der Waals surface area contributed by atoms with E-state index in [1.54, 1.807) is 6.92 Å². The third-order valence-electron chi connectivity index (χ3n) is 12.2. The molecule has 9 heteroatoms. The fourth-order valence-corrected chi connectivity index (χ4v) is 10.1. The quantitative estimate of drug-likeness (QED) is 0.141. The summed E-state index contributed by atoms with van der Waals surface area (Å²) in [5.41, 5.74) is 1.80. The van der Waals surface area contributed by atoms with Gasteiger partial charge in [0.15, 0.2) is 17.2 Å². The minimum Gasteiger partial charge on any atom is -0.450 e. The summed E-state index contributed by atoms with van der Waals surface area (Å²) in [5.74, 6) is 2.03. The van der Waals surface area contributed by atoms with Crippen molar-refractivity contribution in [3.8, 4) is 0 Å². The number of amides is 1. The number of carbonyl (C=O) groups excluding carboxylic acids is 4. The number of allylic oxidation sites excluding steroid dienone is 1. The largest absolute Gasteiger partial charge is 0.450 e. The zero-order chi connectivity index (χ0) is 33.1. The van der Waals surface area contributed by atoms with Gasteiger partial charge in [-0.15, -0.1) is 23.2 Å². The molecule has 4 aliphatic rings. The molecule has 0 spiro atoms. The fourth-order valence-electron chi connectivity index (χ4n) is 9.73. The van der Waals surface area contributed by atoms with Crippen LogP contribution in [0.15, 0.2) is 35.9 Å². The lowest BCUT2D eigenvalue weighted by molar-refractivity contribution is -0.189. The molecule has 0 radical (unpaired) electrons. The Morgan fingerprint density at radius 1 is 0.957 bits per heavy atom. The molecule has 0 aromatic heterocycles. The van der Waals surface area contributed by atoms with E-state index in [2.05, 4.69) is 24.1 Å². The van der Waals surface area contributed by atoms with Crippen molar-refractivity contribution in [1.82, 2.24) is 5.32 Å². The van der Waals surface area contributed by atoms with Crippen LogP contribution in [0.25, 0.3) is 0 Å². The van der Waals surface area contributed by atoms with E-state index >= 15 is 0 Å². The van der Waals surface area contributed by atoms with Crippen molar-refractivity contribution >= 4 is 52.3 Å². The predicted molar refractivity (Wildman–Crippen MR) is 182 cm³/mol. The van der Waals surface area contributed by atoms with Gasteiger partial charge in [-0.1, -0.05) is 31.6 Å². The summed E-state index contributed by atoms with van der Waals surface area (Å²) in [6.45, 7) is 7.89. The Balaban J connectivity index is 1.13. The number of hydrogen-bond donors (Lipinski definition) is 1. The van der Waals surface area contributed by atoms with Crippen LogP contribution in [0, 0.1) is 28.6 Å². The van der Waals surface area contributed by atoms with Crippen LogP contribution in [0.4, 0.5) is 5.69 Å². The number of hydrogen-bond acceptors (Lipinski definition) is 6. The number of rotatable bonds is 13. The third-order valence-corrected chi connectivity index (χ3v) is 12.5. The van der Waals surface area contributed by atoms with Gasteiger partial charge >= 0.3 is 5.97 Å². The summed E-state index contributed by atoms with van der Waals surface area (Å²) >= 11 is 11.8. The zero-order valence-corrected chi connectivity index (χ0v) is 29.2. The maximum absolute atomic E-state index is 13.4. The average Bonchev–Trinajstić information content (AvgIpc) is 3.33. The molecular weight excluding hydrogens is 623 g/mol. The molecule has 0 bridgehead atoms. The van der Waals surface area contributed by atoms with Crippen LogP contribution in [-0.4, -0.2) is 60.4 Å². The molecule has 1 aromatic rings. The number of alkyl halides is 2. The van der Waals surface area contributed by atoms with Crippen molar-refractivity contribution in [3.63, 3.8) is 0 Å². The van der Waals surface area contributed by atoms with Crippen molar-refractivity contribution in [2.75, 3.05) is 36.3 Å². The van der Waals surface area contributed by atoms with Crippen molar-refractivity contribution < 1.29 is 23.9 Å². The summed E-state index contributed by atoms with van der Waals surface area (Å²) in [4.78, 5) is 53.5. The molecule has 3 saturated carbocycles. The second-order valence-electron chi connectivity index (χ2n) is 14.5. The van der Waals surface area contributed by atoms with E-state index < -0.39 is 11.0 Å². The Labute approximate surface area is 284 Å². The Kier molecular flexibility index (Phi) is 10.9. The first-order valence-electron chi connectivity index (χ1n) is 17.2. The molecule has 46 heavy (non-hydrogen) atoms. The van der Waals surface area contributed by atoms with Crippen molar-refractivity contribution in [3.05, 3.63) is 41.5 Å². The Morgan fingerprint density at radius 3 is 2.33 bits per heavy atom. The molecule has 5 rings (SSSR count). The summed E-state index contributed by atoms with van der Waals surface area (Å²) in [7, 11) is 0. The van der Waals surface area contributed by atoms with Crippen LogP contribution in [0.2, 0.25) is 0 Å². The Morgan fingerprint density at radius 2 is 1.65 bits per heavy atom. The molecule has 3 fully saturated rings. The van der Waals surface area contributed by atoms with E-state index in [1.807, 2.05) is 30.3 Å². The highest BCUT2D eigenvalue weighted by atomic mass is 35.5. The van der Waals surface area contributed by atoms with Crippen molar-refractivity contribution in [2.24, 2.45) is 28.6 Å². The van der Waals surface area contributed by atoms with Crippen LogP contribution in [0.5, 0.6) is 0 Å². The van der Waals surface area contributed by atoms with Gasteiger partial charge in [0.25, 0.3) is 0 Å². The molecule has 7 nitrogen and oxygen atoms in total. The van der Waals surface area contributed by atoms with Gasteiger partial charge in [0.05, 0.1) is 6.42 Å². The second-order valence-corrected chi connectivity index (χ2v) is 15.2. The minimum absolute atomic E-state index is 0.0528. The molecule has 252 valence electrons. The Bertz CT molecular complexity index is 1340. The summed E-state index contributed by atoms with van der Waals surface area (Å²) in [6.07, 6.45) is 9.56. The zero-order valence-electron chi connectivity index (χ0n) is 27.7. The molecule has 1 aromatic carbocycles. The van der Waals surface area contributed by atoms with Gasteiger partial charge in [0.1, 0.15) is 0 Å². The lowest BCUT2D eigenvalue weighted by Crippen LogP contribution is -2.58. The summed E-state index contributed by atoms with van der Waals surface area (Å²) in [5, 5.41) is 2.92. The summed E-state index contributed by atoms with van der Waals surface area (Å²) < 4.78 is 6.25. The second kappa shape index (κ2) is 14.4. The lowest BCUT2D eigenvalue weighted by Gasteiger charge is -2.59. The molecule has 6 atom stereocenters. The first kappa shape index (κ1) is 34.9. The highest BCUT2D eigenvalue weighted by molar-refractivity contribution is 6.18. The fraction of sp³-hybridized carbons (Fsp3) is 0.676. The average molecular weight is 674 g/mol. The maximum atomic E-state index is 13.4. The summed E-state index contributed by atoms with van der Waals surface area (Å²) in [6, 6.07) is 7.82. The molecule has 0 saturated heterocycles. The number of Topliss-reactive ketones (excluding diaryl/α,β-unsaturated/α-hetero) is 1. The van der Waals surface area contributed by atoms with Crippen LogP contribution in [0.3, 0.4) is 0 Å². The van der Waals surface area contributed by atoms with E-state index in [-0.39, 0.29) is 41.7 Å². The topological polar surface area (TPSA) is 92.8 Å². The van der Waals surface area contributed by atoms with Crippen LogP contribution in [0.1, 0.15) is 90.5 Å². The van der Waals surface area contributed by atoms with Crippen molar-refractivity contribution in [2.45, 2.75) is 97.0 Å². The van der Waals surface area contributed by atoms with Gasteiger partial charge < -0.3 is 15.0 Å². The van der Waals surface area contributed by atoms with Crippen molar-refractivity contribution in [1.29, 1.82) is 0 Å². The Hall–Kier alpha value is -2.38. The first-order chi connectivity index (χ1) is 22.0. The number of esters is 1. The standard InChI is InChI=1S/C37H50Cl2N2O5/c1-25(42)37(17-14-32-30-11-8-27-24-29(43)12-15-35(27,2)31(30)13-16-36(32,37)3)46-34(45)5-4-20-40-33(44)23-26-6-9-28(10-7-26)41(21-18-38)22-19-39/h6-7,9-10,24,30-32H,4-5,8,11-23H2,1-3H3,(H,40,44)/t30-,31+,32+,35+,36+,37+/m1/s1. The highest BCUT2D eigenvalue weighted by Gasteiger charge is 2.67. The van der Waals surface area contributed by atoms with Crippen LogP contribution >= 0.6 is 23.2 Å². The predicted octanol–water partition coefficient (Wildman–Crippen LogP) is 6.81. The highest BCUT2D eigenvalue weighted by Crippen LogP contribution is 2.68. The normalized spacial score (nSPS) is 31.6. The van der Waals surface area contributed by atoms with Crippen LogP contribution in [-0.2, 0) is 30.3 Å². The molecule has 4 aliphatic carbocycles. The number of halogens is 2. The number of anilines is 1. The lowest BCUT2D eigenvalue weighted by atomic mass is 9.46. The number of nitrogens with zero attached hydrogens (tertiary/aromatic N) is 1. The molecule has 1 N–H and O–H groups in total. The number of fused-ring (bicyclic) bond motifs is 5. The maximum Gasteiger partial charge on any atom is 0.306 e. The molecule has 0 aliphatic heterocycles. The minimum atomic E-state index is -1.10. The van der Waals surface area contributed by atoms with E-state index in [0.29, 0.717) is 68.4 Å². The van der Waals surface area contributed by atoms with E-state index in [1.165, 1.54) is 5.57 Å². The van der Waals surface area contributed by atoms with E-state index in [0.717, 1.165) is 49.8 Å². The SMILES string of the molecule is CC(=O)[C@@]1(OC(=O)CCCNC(=O)Cc2ccc(N(CCCl)CCCl)cc2)CC[C@H]2[C@@H]3CCC4=CC(=O)CC[C@]4(C)[C@H]3CC[C@@]21C. The molecule has 0 unspecified atom stereocenters. The van der Waals surface area contributed by atoms with Gasteiger partial charge in [0.2, 0.25) is 5.91 Å². The number of carbonyl (C=O) groups is 4. The van der Waals surface area contributed by atoms with Gasteiger partial charge in [-0.3, -0.25) is 19.2 Å². The third kappa shape index (κ3) is 6.65. The van der Waals surface area contributed by atoms with Gasteiger partial charge in [-0.2, -0.15) is 0 Å².